The second-order valence-electron chi connectivity index (χ2n) is 7.20. The molecule has 0 heterocycles. The van der Waals surface area contributed by atoms with Crippen LogP contribution in [-0.4, -0.2) is 38.9 Å². The molecule has 1 aliphatic carbocycles. The topological polar surface area (TPSA) is 104 Å². The minimum absolute atomic E-state index is 0.0289. The van der Waals surface area contributed by atoms with Crippen molar-refractivity contribution < 1.29 is 18.0 Å². The van der Waals surface area contributed by atoms with Gasteiger partial charge in [0.05, 0.1) is 4.90 Å². The van der Waals surface area contributed by atoms with Gasteiger partial charge in [0, 0.05) is 30.5 Å². The smallest absolute Gasteiger partial charge is 0.243 e. The number of halogens is 1. The van der Waals surface area contributed by atoms with Gasteiger partial charge in [-0.2, -0.15) is 0 Å². The van der Waals surface area contributed by atoms with E-state index in [1.807, 2.05) is 30.3 Å². The highest BCUT2D eigenvalue weighted by Crippen LogP contribution is 2.19. The Morgan fingerprint density at radius 2 is 1.80 bits per heavy atom. The summed E-state index contributed by atoms with van der Waals surface area (Å²) < 4.78 is 27.0. The third kappa shape index (κ3) is 6.83. The van der Waals surface area contributed by atoms with Gasteiger partial charge in [-0.15, -0.1) is 0 Å². The van der Waals surface area contributed by atoms with E-state index in [1.54, 1.807) is 6.07 Å². The first-order chi connectivity index (χ1) is 14.3. The molecule has 0 radical (unpaired) electrons. The molecule has 1 saturated carbocycles. The second kappa shape index (κ2) is 10.1. The van der Waals surface area contributed by atoms with E-state index in [0.29, 0.717) is 11.4 Å². The molecule has 0 bridgehead atoms. The maximum Gasteiger partial charge on any atom is 0.243 e. The van der Waals surface area contributed by atoms with Gasteiger partial charge in [0.1, 0.15) is 6.04 Å². The Morgan fingerprint density at radius 3 is 2.47 bits per heavy atom. The van der Waals surface area contributed by atoms with Gasteiger partial charge < -0.3 is 10.6 Å². The maximum atomic E-state index is 12.5. The zero-order chi connectivity index (χ0) is 21.6. The van der Waals surface area contributed by atoms with E-state index in [2.05, 4.69) is 15.4 Å². The van der Waals surface area contributed by atoms with Crippen molar-refractivity contribution in [2.24, 2.45) is 0 Å². The molecule has 7 nitrogen and oxygen atoms in total. The van der Waals surface area contributed by atoms with Crippen molar-refractivity contribution in [2.45, 2.75) is 42.7 Å². The number of nitrogens with one attached hydrogen (secondary N) is 3. The van der Waals surface area contributed by atoms with Crippen LogP contribution in [0.1, 0.15) is 24.8 Å². The van der Waals surface area contributed by atoms with Crippen molar-refractivity contribution in [1.29, 1.82) is 0 Å². The van der Waals surface area contributed by atoms with Gasteiger partial charge >= 0.3 is 0 Å². The van der Waals surface area contributed by atoms with Crippen molar-refractivity contribution >= 4 is 33.4 Å². The number of hydrogen-bond acceptors (Lipinski definition) is 4. The van der Waals surface area contributed by atoms with Crippen LogP contribution >= 0.6 is 11.6 Å². The van der Waals surface area contributed by atoms with Crippen LogP contribution < -0.4 is 15.4 Å². The summed E-state index contributed by atoms with van der Waals surface area (Å²) in [6.45, 7) is -0.0943. The number of hydrogen-bond donors (Lipinski definition) is 3. The molecular weight excluding hydrogens is 426 g/mol. The molecule has 0 spiro atoms. The minimum Gasteiger partial charge on any atom is -0.352 e. The molecule has 1 aliphatic rings. The van der Waals surface area contributed by atoms with Crippen LogP contribution in [0.15, 0.2) is 59.5 Å². The number of sulfonamides is 1. The Bertz CT molecular complexity index is 994. The van der Waals surface area contributed by atoms with Crippen LogP contribution in [0.3, 0.4) is 0 Å². The van der Waals surface area contributed by atoms with Crippen molar-refractivity contribution in [3.8, 4) is 0 Å². The van der Waals surface area contributed by atoms with Crippen LogP contribution in [0.4, 0.5) is 0 Å². The number of carbonyl (C=O) groups excluding carboxylic acids is 2. The molecule has 2 amide bonds. The lowest BCUT2D eigenvalue weighted by Crippen LogP contribution is -2.49. The largest absolute Gasteiger partial charge is 0.352 e. The summed E-state index contributed by atoms with van der Waals surface area (Å²) in [6, 6.07) is 14.7. The van der Waals surface area contributed by atoms with E-state index in [1.165, 1.54) is 18.2 Å². The summed E-state index contributed by atoms with van der Waals surface area (Å²) in [7, 11) is -3.77. The van der Waals surface area contributed by atoms with Gasteiger partial charge in [0.15, 0.2) is 0 Å². The lowest BCUT2D eigenvalue weighted by atomic mass is 10.0. The Morgan fingerprint density at radius 1 is 1.07 bits per heavy atom. The molecule has 0 saturated heterocycles. The Kier molecular flexibility index (Phi) is 7.47. The van der Waals surface area contributed by atoms with Crippen LogP contribution in [0.25, 0.3) is 0 Å². The molecule has 0 aromatic heterocycles. The number of benzene rings is 2. The average molecular weight is 450 g/mol. The number of amides is 2. The molecule has 160 valence electrons. The Hall–Kier alpha value is -2.42. The molecule has 30 heavy (non-hydrogen) atoms. The highest BCUT2D eigenvalue weighted by atomic mass is 35.5. The fraction of sp³-hybridized carbons (Fsp3) is 0.333. The van der Waals surface area contributed by atoms with Gasteiger partial charge in [-0.3, -0.25) is 9.59 Å². The molecule has 2 aromatic carbocycles. The molecule has 1 unspecified atom stereocenters. The molecule has 0 aliphatic heterocycles. The highest BCUT2D eigenvalue weighted by molar-refractivity contribution is 7.89. The molecule has 1 fully saturated rings. The van der Waals surface area contributed by atoms with Gasteiger partial charge in [0.2, 0.25) is 21.8 Å². The lowest BCUT2D eigenvalue weighted by Gasteiger charge is -2.19. The first-order valence-corrected chi connectivity index (χ1v) is 11.6. The first-order valence-electron chi connectivity index (χ1n) is 9.72. The quantitative estimate of drug-likeness (QED) is 0.516. The van der Waals surface area contributed by atoms with E-state index < -0.39 is 22.0 Å². The van der Waals surface area contributed by atoms with Crippen molar-refractivity contribution in [1.82, 2.24) is 15.4 Å². The van der Waals surface area contributed by atoms with Crippen molar-refractivity contribution in [2.75, 3.05) is 6.54 Å². The highest BCUT2D eigenvalue weighted by Gasteiger charge is 2.28. The summed E-state index contributed by atoms with van der Waals surface area (Å²) >= 11 is 5.83. The number of rotatable bonds is 10. The zero-order valence-corrected chi connectivity index (χ0v) is 17.9. The van der Waals surface area contributed by atoms with Gasteiger partial charge in [-0.1, -0.05) is 48.0 Å². The number of carbonyl (C=O) groups is 2. The van der Waals surface area contributed by atoms with E-state index in [0.717, 1.165) is 18.4 Å². The predicted octanol–water partition coefficient (Wildman–Crippen LogP) is 2.01. The third-order valence-corrected chi connectivity index (χ3v) is 6.30. The van der Waals surface area contributed by atoms with Crippen LogP contribution in [0.5, 0.6) is 0 Å². The van der Waals surface area contributed by atoms with E-state index >= 15 is 0 Å². The molecular formula is C21H24ClN3O4S. The lowest BCUT2D eigenvalue weighted by molar-refractivity contribution is -0.129. The molecule has 1 atom stereocenters. The molecule has 9 heteroatoms. The fourth-order valence-electron chi connectivity index (χ4n) is 2.87. The monoisotopic (exact) mass is 449 g/mol. The molecule has 3 rings (SSSR count). The summed E-state index contributed by atoms with van der Waals surface area (Å²) in [5.74, 6) is -0.634. The normalized spacial score (nSPS) is 14.7. The summed E-state index contributed by atoms with van der Waals surface area (Å²) in [4.78, 5) is 24.9. The van der Waals surface area contributed by atoms with Gasteiger partial charge in [-0.25, -0.2) is 13.1 Å². The first kappa shape index (κ1) is 22.3. The summed E-state index contributed by atoms with van der Waals surface area (Å²) in [5.41, 5.74) is 0.926. The zero-order valence-electron chi connectivity index (χ0n) is 16.3. The predicted molar refractivity (Wildman–Crippen MR) is 114 cm³/mol. The molecule has 2 aromatic rings. The fourth-order valence-corrected chi connectivity index (χ4v) is 4.20. The SMILES string of the molecule is O=C(CCNS(=O)(=O)c1cccc(Cl)c1)NC(Cc1ccccc1)C(=O)NC1CC1. The minimum atomic E-state index is -3.77. The van der Waals surface area contributed by atoms with Crippen molar-refractivity contribution in [3.05, 3.63) is 65.2 Å². The van der Waals surface area contributed by atoms with Gasteiger partial charge in [-0.05, 0) is 36.6 Å². The standard InChI is InChI=1S/C21H24ClN3O4S/c22-16-7-4-8-18(14-16)30(28,29)23-12-11-20(26)25-19(21(27)24-17-9-10-17)13-15-5-2-1-3-6-15/h1-8,14,17,19,23H,9-13H2,(H,24,27)(H,25,26). The van der Waals surface area contributed by atoms with E-state index in [9.17, 15) is 18.0 Å². The average Bonchev–Trinajstić information content (AvgIpc) is 3.52. The van der Waals surface area contributed by atoms with E-state index in [-0.39, 0.29) is 29.8 Å². The third-order valence-electron chi connectivity index (χ3n) is 4.61. The second-order valence-corrected chi connectivity index (χ2v) is 9.40. The summed E-state index contributed by atoms with van der Waals surface area (Å²) in [5, 5.41) is 5.94. The molecule has 3 N–H and O–H groups in total. The maximum absolute atomic E-state index is 12.5. The summed E-state index contributed by atoms with van der Waals surface area (Å²) in [6.07, 6.45) is 2.16. The van der Waals surface area contributed by atoms with Crippen LogP contribution in [-0.2, 0) is 26.0 Å². The Balaban J connectivity index is 1.55. The van der Waals surface area contributed by atoms with Crippen LogP contribution in [0.2, 0.25) is 5.02 Å². The van der Waals surface area contributed by atoms with Crippen molar-refractivity contribution in [3.63, 3.8) is 0 Å². The van der Waals surface area contributed by atoms with Crippen LogP contribution in [0, 0.1) is 0 Å². The Labute approximate surface area is 181 Å². The van der Waals surface area contributed by atoms with Gasteiger partial charge in [0.25, 0.3) is 0 Å². The van der Waals surface area contributed by atoms with E-state index in [4.69, 9.17) is 11.6 Å².